The van der Waals surface area contributed by atoms with Crippen LogP contribution in [0.1, 0.15) is 34.1 Å². The molecule has 1 amide bonds. The van der Waals surface area contributed by atoms with E-state index < -0.39 is 0 Å². The Labute approximate surface area is 174 Å². The van der Waals surface area contributed by atoms with Gasteiger partial charge in [0.1, 0.15) is 11.6 Å². The number of amides is 1. The molecular weight excluding hydrogens is 376 g/mol. The second kappa shape index (κ2) is 7.30. The molecule has 1 atom stereocenters. The first-order valence-electron chi connectivity index (χ1n) is 10.0. The number of carbonyl (C=O) groups excluding carboxylic acids is 1. The third-order valence-corrected chi connectivity index (χ3v) is 5.58. The van der Waals surface area contributed by atoms with Gasteiger partial charge in [-0.1, -0.05) is 18.2 Å². The zero-order valence-electron chi connectivity index (χ0n) is 16.9. The number of benzene rings is 2. The predicted octanol–water partition coefficient (Wildman–Crippen LogP) is 4.20. The van der Waals surface area contributed by atoms with E-state index in [2.05, 4.69) is 10.3 Å². The molecule has 1 N–H and O–H groups in total. The Morgan fingerprint density at radius 1 is 1.17 bits per heavy atom. The number of para-hydroxylation sites is 1. The first-order valence-corrected chi connectivity index (χ1v) is 10.0. The molecule has 2 aromatic heterocycles. The Bertz CT molecular complexity index is 1240. The molecule has 6 heteroatoms. The molecule has 1 aliphatic heterocycles. The fourth-order valence-corrected chi connectivity index (χ4v) is 3.92. The Morgan fingerprint density at radius 2 is 2.03 bits per heavy atom. The number of aromatic nitrogens is 3. The van der Waals surface area contributed by atoms with Crippen molar-refractivity contribution in [1.82, 2.24) is 19.9 Å². The summed E-state index contributed by atoms with van der Waals surface area (Å²) < 4.78 is 7.70. The molecule has 5 rings (SSSR count). The summed E-state index contributed by atoms with van der Waals surface area (Å²) in [6.45, 7) is 2.55. The van der Waals surface area contributed by atoms with Crippen LogP contribution in [0.3, 0.4) is 0 Å². The number of hydrogen-bond acceptors (Lipinski definition) is 4. The average molecular weight is 398 g/mol. The van der Waals surface area contributed by atoms with Gasteiger partial charge < -0.3 is 14.6 Å². The SMILES string of the molecule is Cc1ccc(-c2nc3ccc(C(=O)N[C@H]4CCOc5ccccc54)cc3n2C)cn1. The second-order valence-electron chi connectivity index (χ2n) is 7.59. The minimum atomic E-state index is -0.0987. The highest BCUT2D eigenvalue weighted by atomic mass is 16.5. The van der Waals surface area contributed by atoms with E-state index in [0.29, 0.717) is 12.2 Å². The lowest BCUT2D eigenvalue weighted by atomic mass is 10.00. The van der Waals surface area contributed by atoms with Crippen LogP contribution in [-0.2, 0) is 7.05 Å². The van der Waals surface area contributed by atoms with Crippen LogP contribution in [0.4, 0.5) is 0 Å². The highest BCUT2D eigenvalue weighted by molar-refractivity contribution is 5.98. The molecule has 150 valence electrons. The van der Waals surface area contributed by atoms with Crippen molar-refractivity contribution in [2.45, 2.75) is 19.4 Å². The largest absolute Gasteiger partial charge is 0.493 e. The molecule has 2 aromatic carbocycles. The normalized spacial score (nSPS) is 15.5. The predicted molar refractivity (Wildman–Crippen MR) is 115 cm³/mol. The van der Waals surface area contributed by atoms with Crippen molar-refractivity contribution in [3.8, 4) is 17.1 Å². The zero-order chi connectivity index (χ0) is 20.7. The minimum Gasteiger partial charge on any atom is -0.493 e. The maximum Gasteiger partial charge on any atom is 0.251 e. The minimum absolute atomic E-state index is 0.0566. The number of carbonyl (C=O) groups is 1. The first-order chi connectivity index (χ1) is 14.6. The summed E-state index contributed by atoms with van der Waals surface area (Å²) in [6, 6.07) is 17.4. The van der Waals surface area contributed by atoms with Crippen molar-refractivity contribution in [2.75, 3.05) is 6.61 Å². The van der Waals surface area contributed by atoms with E-state index in [0.717, 1.165) is 45.8 Å². The Kier molecular flexibility index (Phi) is 4.47. The van der Waals surface area contributed by atoms with Gasteiger partial charge in [0.05, 0.1) is 23.7 Å². The number of imidazole rings is 1. The highest BCUT2D eigenvalue weighted by Gasteiger charge is 2.23. The van der Waals surface area contributed by atoms with Gasteiger partial charge in [-0.05, 0) is 43.3 Å². The van der Waals surface area contributed by atoms with Crippen LogP contribution in [0.25, 0.3) is 22.4 Å². The third kappa shape index (κ3) is 3.20. The summed E-state index contributed by atoms with van der Waals surface area (Å²) in [4.78, 5) is 22.1. The van der Waals surface area contributed by atoms with Crippen molar-refractivity contribution in [1.29, 1.82) is 0 Å². The van der Waals surface area contributed by atoms with Crippen molar-refractivity contribution in [2.24, 2.45) is 7.05 Å². The molecule has 0 saturated heterocycles. The zero-order valence-corrected chi connectivity index (χ0v) is 16.9. The van der Waals surface area contributed by atoms with Crippen LogP contribution in [-0.4, -0.2) is 27.0 Å². The van der Waals surface area contributed by atoms with Gasteiger partial charge in [0.2, 0.25) is 0 Å². The van der Waals surface area contributed by atoms with Crippen molar-refractivity contribution < 1.29 is 9.53 Å². The number of nitrogens with one attached hydrogen (secondary N) is 1. The summed E-state index contributed by atoms with van der Waals surface area (Å²) in [7, 11) is 1.96. The molecule has 0 fully saturated rings. The number of ether oxygens (including phenoxy) is 1. The van der Waals surface area contributed by atoms with Gasteiger partial charge in [-0.15, -0.1) is 0 Å². The fraction of sp³-hybridized carbons (Fsp3) is 0.208. The van der Waals surface area contributed by atoms with Crippen LogP contribution < -0.4 is 10.1 Å². The monoisotopic (exact) mass is 398 g/mol. The van der Waals surface area contributed by atoms with Crippen LogP contribution in [0.5, 0.6) is 5.75 Å². The molecule has 30 heavy (non-hydrogen) atoms. The molecule has 3 heterocycles. The Morgan fingerprint density at radius 3 is 2.87 bits per heavy atom. The second-order valence-corrected chi connectivity index (χ2v) is 7.59. The summed E-state index contributed by atoms with van der Waals surface area (Å²) in [5.41, 5.74) is 5.30. The standard InChI is InChI=1S/C24H22N4O2/c1-15-7-8-17(14-25-15)23-26-20-10-9-16(13-21(20)28(23)2)24(29)27-19-11-12-30-22-6-4-3-5-18(19)22/h3-10,13-14,19H,11-12H2,1-2H3,(H,27,29)/t19-/m0/s1. The molecule has 0 spiro atoms. The molecule has 0 aliphatic carbocycles. The van der Waals surface area contributed by atoms with E-state index in [1.807, 2.05) is 79.3 Å². The maximum atomic E-state index is 13.0. The third-order valence-electron chi connectivity index (χ3n) is 5.58. The maximum absolute atomic E-state index is 13.0. The average Bonchev–Trinajstić information content (AvgIpc) is 3.10. The fourth-order valence-electron chi connectivity index (χ4n) is 3.92. The molecular formula is C24H22N4O2. The van der Waals surface area contributed by atoms with Gasteiger partial charge >= 0.3 is 0 Å². The van der Waals surface area contributed by atoms with E-state index in [1.54, 1.807) is 0 Å². The van der Waals surface area contributed by atoms with Crippen LogP contribution in [0.2, 0.25) is 0 Å². The number of rotatable bonds is 3. The van der Waals surface area contributed by atoms with Crippen molar-refractivity contribution in [3.63, 3.8) is 0 Å². The number of hydrogen-bond donors (Lipinski definition) is 1. The highest BCUT2D eigenvalue weighted by Crippen LogP contribution is 2.32. The van der Waals surface area contributed by atoms with Gasteiger partial charge in [0.15, 0.2) is 0 Å². The molecule has 4 aromatic rings. The molecule has 0 bridgehead atoms. The van der Waals surface area contributed by atoms with E-state index in [4.69, 9.17) is 9.72 Å². The van der Waals surface area contributed by atoms with Crippen molar-refractivity contribution >= 4 is 16.9 Å². The van der Waals surface area contributed by atoms with Crippen molar-refractivity contribution in [3.05, 3.63) is 77.6 Å². The number of nitrogens with zero attached hydrogens (tertiary/aromatic N) is 3. The van der Waals surface area contributed by atoms with Gasteiger partial charge in [0.25, 0.3) is 5.91 Å². The summed E-state index contributed by atoms with van der Waals surface area (Å²) >= 11 is 0. The Hall–Kier alpha value is -3.67. The number of pyridine rings is 1. The first kappa shape index (κ1) is 18.4. The lowest BCUT2D eigenvalue weighted by molar-refractivity contribution is 0.0925. The van der Waals surface area contributed by atoms with E-state index >= 15 is 0 Å². The lowest BCUT2D eigenvalue weighted by Crippen LogP contribution is -2.32. The topological polar surface area (TPSA) is 69.0 Å². The lowest BCUT2D eigenvalue weighted by Gasteiger charge is -2.26. The summed E-state index contributed by atoms with van der Waals surface area (Å²) in [6.07, 6.45) is 2.58. The van der Waals surface area contributed by atoms with Gasteiger partial charge in [-0.3, -0.25) is 9.78 Å². The van der Waals surface area contributed by atoms with E-state index in [9.17, 15) is 4.79 Å². The van der Waals surface area contributed by atoms with Crippen LogP contribution in [0, 0.1) is 6.92 Å². The number of fused-ring (bicyclic) bond motifs is 2. The number of aryl methyl sites for hydroxylation is 2. The van der Waals surface area contributed by atoms with Gasteiger partial charge in [0, 0.05) is 42.0 Å². The van der Waals surface area contributed by atoms with E-state index in [1.165, 1.54) is 0 Å². The van der Waals surface area contributed by atoms with E-state index in [-0.39, 0.29) is 11.9 Å². The van der Waals surface area contributed by atoms with Crippen LogP contribution >= 0.6 is 0 Å². The van der Waals surface area contributed by atoms with Gasteiger partial charge in [-0.25, -0.2) is 4.98 Å². The van der Waals surface area contributed by atoms with Crippen LogP contribution in [0.15, 0.2) is 60.8 Å². The molecule has 6 nitrogen and oxygen atoms in total. The van der Waals surface area contributed by atoms with Gasteiger partial charge in [-0.2, -0.15) is 0 Å². The summed E-state index contributed by atoms with van der Waals surface area (Å²) in [5, 5.41) is 3.16. The smallest absolute Gasteiger partial charge is 0.251 e. The summed E-state index contributed by atoms with van der Waals surface area (Å²) in [5.74, 6) is 1.57. The quantitative estimate of drug-likeness (QED) is 0.562. The Balaban J connectivity index is 1.45. The molecule has 0 radical (unpaired) electrons. The molecule has 1 aliphatic rings. The molecule has 0 saturated carbocycles. The molecule has 0 unspecified atom stereocenters.